The molecule has 0 aliphatic rings. The van der Waals surface area contributed by atoms with E-state index in [9.17, 15) is 4.79 Å². The van der Waals surface area contributed by atoms with E-state index in [1.165, 1.54) is 11.1 Å². The van der Waals surface area contributed by atoms with E-state index in [1.54, 1.807) is 0 Å². The molecule has 0 unspecified atom stereocenters. The number of hydrazine groups is 1. The van der Waals surface area contributed by atoms with Crippen molar-refractivity contribution >= 4 is 6.09 Å². The Hall–Kier alpha value is -1.55. The fraction of sp³-hybridized carbons (Fsp3) is 0.500. The molecule has 0 saturated heterocycles. The number of carbonyl (C=O) groups is 1. The third kappa shape index (κ3) is 5.19. The van der Waals surface area contributed by atoms with Gasteiger partial charge in [0.25, 0.3) is 0 Å². The molecule has 18 heavy (non-hydrogen) atoms. The van der Waals surface area contributed by atoms with Crippen LogP contribution >= 0.6 is 0 Å². The van der Waals surface area contributed by atoms with Crippen LogP contribution in [0.2, 0.25) is 0 Å². The summed E-state index contributed by atoms with van der Waals surface area (Å²) in [5, 5.41) is 0. The van der Waals surface area contributed by atoms with Crippen LogP contribution < -0.4 is 10.9 Å². The van der Waals surface area contributed by atoms with Crippen molar-refractivity contribution in [3.63, 3.8) is 0 Å². The zero-order valence-corrected chi connectivity index (χ0v) is 11.8. The molecule has 0 radical (unpaired) electrons. The summed E-state index contributed by atoms with van der Waals surface area (Å²) in [6.45, 7) is 10.2. The van der Waals surface area contributed by atoms with E-state index < -0.39 is 11.7 Å². The quantitative estimate of drug-likeness (QED) is 0.811. The summed E-state index contributed by atoms with van der Waals surface area (Å²) in [5.41, 5.74) is 8.47. The molecular weight excluding hydrogens is 228 g/mol. The van der Waals surface area contributed by atoms with Gasteiger partial charge in [0.05, 0.1) is 0 Å². The smallest absolute Gasteiger partial charge is 0.422 e. The Kier molecular flexibility index (Phi) is 4.73. The summed E-state index contributed by atoms with van der Waals surface area (Å²) in [6, 6.07) is 6.24. The van der Waals surface area contributed by atoms with Gasteiger partial charge in [-0.2, -0.15) is 0 Å². The maximum Gasteiger partial charge on any atom is 0.422 e. The number of nitrogens with one attached hydrogen (secondary N) is 2. The highest BCUT2D eigenvalue weighted by atomic mass is 16.6. The van der Waals surface area contributed by atoms with E-state index in [0.717, 1.165) is 5.56 Å². The normalized spacial score (nSPS) is 11.2. The largest absolute Gasteiger partial charge is 0.443 e. The molecule has 0 bridgehead atoms. The Morgan fingerprint density at radius 1 is 1.28 bits per heavy atom. The third-order valence-corrected chi connectivity index (χ3v) is 2.37. The predicted octanol–water partition coefficient (Wildman–Crippen LogP) is 2.83. The lowest BCUT2D eigenvalue weighted by Gasteiger charge is -2.20. The number of hydrogen-bond acceptors (Lipinski definition) is 3. The summed E-state index contributed by atoms with van der Waals surface area (Å²) >= 11 is 0. The van der Waals surface area contributed by atoms with Crippen molar-refractivity contribution in [2.24, 2.45) is 0 Å². The molecule has 4 heteroatoms. The van der Waals surface area contributed by atoms with E-state index in [-0.39, 0.29) is 0 Å². The van der Waals surface area contributed by atoms with Gasteiger partial charge in [0.1, 0.15) is 5.60 Å². The molecule has 2 N–H and O–H groups in total. The van der Waals surface area contributed by atoms with Gasteiger partial charge in [0, 0.05) is 6.54 Å². The van der Waals surface area contributed by atoms with Crippen LogP contribution in [0.3, 0.4) is 0 Å². The minimum Gasteiger partial charge on any atom is -0.443 e. The monoisotopic (exact) mass is 250 g/mol. The highest BCUT2D eigenvalue weighted by Gasteiger charge is 2.15. The first-order chi connectivity index (χ1) is 8.28. The number of hydrogen-bond donors (Lipinski definition) is 2. The summed E-state index contributed by atoms with van der Waals surface area (Å²) in [5.74, 6) is 0. The van der Waals surface area contributed by atoms with Crippen molar-refractivity contribution in [2.45, 2.75) is 46.8 Å². The first-order valence-electron chi connectivity index (χ1n) is 6.06. The van der Waals surface area contributed by atoms with Crippen molar-refractivity contribution < 1.29 is 9.53 Å². The van der Waals surface area contributed by atoms with Gasteiger partial charge in [-0.25, -0.2) is 10.2 Å². The summed E-state index contributed by atoms with van der Waals surface area (Å²) in [4.78, 5) is 11.4. The standard InChI is InChI=1S/C14H22N2O2/c1-10-6-7-11(2)12(8-10)9-15-16-13(17)18-14(3,4)5/h6-8,15H,9H2,1-5H3,(H,16,17). The SMILES string of the molecule is Cc1ccc(C)c(CNNC(=O)OC(C)(C)C)c1. The molecule has 100 valence electrons. The molecule has 4 nitrogen and oxygen atoms in total. The number of rotatable bonds is 3. The van der Waals surface area contributed by atoms with E-state index >= 15 is 0 Å². The molecule has 0 fully saturated rings. The van der Waals surface area contributed by atoms with Crippen LogP contribution in [-0.2, 0) is 11.3 Å². The molecule has 0 atom stereocenters. The Morgan fingerprint density at radius 2 is 1.94 bits per heavy atom. The van der Waals surface area contributed by atoms with Crippen molar-refractivity contribution in [3.05, 3.63) is 34.9 Å². The molecule has 0 saturated carbocycles. The molecule has 1 aromatic rings. The molecule has 1 amide bonds. The van der Waals surface area contributed by atoms with Gasteiger partial charge < -0.3 is 4.74 Å². The highest BCUT2D eigenvalue weighted by molar-refractivity contribution is 5.66. The number of carbonyl (C=O) groups excluding carboxylic acids is 1. The van der Waals surface area contributed by atoms with Crippen LogP contribution in [0.5, 0.6) is 0 Å². The maximum absolute atomic E-state index is 11.4. The number of benzene rings is 1. The molecule has 0 heterocycles. The van der Waals surface area contributed by atoms with Gasteiger partial charge in [-0.05, 0) is 45.7 Å². The van der Waals surface area contributed by atoms with Crippen LogP contribution in [0.15, 0.2) is 18.2 Å². The lowest BCUT2D eigenvalue weighted by Crippen LogP contribution is -2.40. The molecular formula is C14H22N2O2. The van der Waals surface area contributed by atoms with Gasteiger partial charge in [-0.1, -0.05) is 23.8 Å². The molecule has 1 rings (SSSR count). The second-order valence-corrected chi connectivity index (χ2v) is 5.41. The van der Waals surface area contributed by atoms with Crippen molar-refractivity contribution in [1.82, 2.24) is 10.9 Å². The lowest BCUT2D eigenvalue weighted by molar-refractivity contribution is 0.0497. The average molecular weight is 250 g/mol. The van der Waals surface area contributed by atoms with E-state index in [1.807, 2.05) is 34.6 Å². The van der Waals surface area contributed by atoms with Crippen LogP contribution in [0, 0.1) is 13.8 Å². The molecule has 0 aliphatic carbocycles. The van der Waals surface area contributed by atoms with Crippen molar-refractivity contribution in [1.29, 1.82) is 0 Å². The minimum atomic E-state index is -0.481. The average Bonchev–Trinajstić information content (AvgIpc) is 2.20. The fourth-order valence-corrected chi connectivity index (χ4v) is 1.51. The summed E-state index contributed by atoms with van der Waals surface area (Å²) in [6.07, 6.45) is -0.465. The van der Waals surface area contributed by atoms with Crippen molar-refractivity contribution in [2.75, 3.05) is 0 Å². The summed E-state index contributed by atoms with van der Waals surface area (Å²) in [7, 11) is 0. The molecule has 0 spiro atoms. The first kappa shape index (κ1) is 14.5. The number of amides is 1. The minimum absolute atomic E-state index is 0.465. The topological polar surface area (TPSA) is 50.4 Å². The molecule has 1 aromatic carbocycles. The summed E-state index contributed by atoms with van der Waals surface area (Å²) < 4.78 is 5.12. The van der Waals surface area contributed by atoms with Crippen molar-refractivity contribution in [3.8, 4) is 0 Å². The van der Waals surface area contributed by atoms with E-state index in [0.29, 0.717) is 6.54 Å². The van der Waals surface area contributed by atoms with E-state index in [4.69, 9.17) is 4.74 Å². The second kappa shape index (κ2) is 5.87. The van der Waals surface area contributed by atoms with Crippen LogP contribution in [0.25, 0.3) is 0 Å². The Labute approximate surface area is 109 Å². The van der Waals surface area contributed by atoms with Gasteiger partial charge in [0.15, 0.2) is 0 Å². The Balaban J connectivity index is 2.42. The van der Waals surface area contributed by atoms with E-state index in [2.05, 4.69) is 29.1 Å². The zero-order chi connectivity index (χ0) is 13.8. The third-order valence-electron chi connectivity index (χ3n) is 2.37. The Morgan fingerprint density at radius 3 is 2.56 bits per heavy atom. The van der Waals surface area contributed by atoms with Gasteiger partial charge >= 0.3 is 6.09 Å². The van der Waals surface area contributed by atoms with Gasteiger partial charge in [-0.15, -0.1) is 0 Å². The number of aryl methyl sites for hydroxylation is 2. The highest BCUT2D eigenvalue weighted by Crippen LogP contribution is 2.10. The van der Waals surface area contributed by atoms with Crippen LogP contribution in [0.1, 0.15) is 37.5 Å². The first-order valence-corrected chi connectivity index (χ1v) is 6.06. The lowest BCUT2D eigenvalue weighted by atomic mass is 10.1. The fourth-order valence-electron chi connectivity index (χ4n) is 1.51. The second-order valence-electron chi connectivity index (χ2n) is 5.41. The maximum atomic E-state index is 11.4. The van der Waals surface area contributed by atoms with Gasteiger partial charge in [0.2, 0.25) is 0 Å². The van der Waals surface area contributed by atoms with Crippen LogP contribution in [0.4, 0.5) is 4.79 Å². The molecule has 0 aliphatic heterocycles. The zero-order valence-electron chi connectivity index (χ0n) is 11.8. The van der Waals surface area contributed by atoms with Crippen LogP contribution in [-0.4, -0.2) is 11.7 Å². The predicted molar refractivity (Wildman–Crippen MR) is 72.1 cm³/mol. The molecule has 0 aromatic heterocycles. The number of ether oxygens (including phenoxy) is 1. The van der Waals surface area contributed by atoms with Gasteiger partial charge in [-0.3, -0.25) is 5.43 Å². The Bertz CT molecular complexity index is 422.